The predicted octanol–water partition coefficient (Wildman–Crippen LogP) is 13.8. The summed E-state index contributed by atoms with van der Waals surface area (Å²) >= 11 is 0. The first-order valence-corrected chi connectivity index (χ1v) is 22.6. The average Bonchev–Trinajstić information content (AvgIpc) is 3.40. The molecular weight excluding hydrogens is 853 g/mol. The molecule has 8 aromatic carbocycles. The Hall–Kier alpha value is -9.40. The topological polar surface area (TPSA) is 132 Å². The zero-order valence-electron chi connectivity index (χ0n) is 36.9. The van der Waals surface area contributed by atoms with Gasteiger partial charge in [0.25, 0.3) is 0 Å². The highest BCUT2D eigenvalue weighted by Gasteiger charge is 2.39. The van der Waals surface area contributed by atoms with Crippen molar-refractivity contribution in [3.63, 3.8) is 0 Å². The highest BCUT2D eigenvalue weighted by atomic mass is 16.3. The van der Waals surface area contributed by atoms with Crippen molar-refractivity contribution in [2.45, 2.75) is 5.41 Å². The molecule has 0 saturated carbocycles. The number of phenolic OH excluding ortho intramolecular Hbond substituents is 4. The van der Waals surface area contributed by atoms with Gasteiger partial charge in [-0.05, 0) is 115 Å². The second kappa shape index (κ2) is 16.5. The van der Waals surface area contributed by atoms with Crippen LogP contribution in [0.25, 0.3) is 88.1 Å². The van der Waals surface area contributed by atoms with E-state index in [9.17, 15) is 20.4 Å². The molecule has 8 heteroatoms. The quantitative estimate of drug-likeness (QED) is 0.111. The Kier molecular flexibility index (Phi) is 9.81. The molecule has 4 N–H and O–H groups in total. The van der Waals surface area contributed by atoms with E-state index in [-0.39, 0.29) is 23.0 Å². The lowest BCUT2D eigenvalue weighted by Gasteiger charge is -2.37. The Labute approximate surface area is 396 Å². The van der Waals surface area contributed by atoms with Gasteiger partial charge in [-0.1, -0.05) is 146 Å². The van der Waals surface area contributed by atoms with Gasteiger partial charge in [-0.3, -0.25) is 19.9 Å². The largest absolute Gasteiger partial charge is 0.506 e. The first kappa shape index (κ1) is 41.1. The van der Waals surface area contributed by atoms with Gasteiger partial charge in [0, 0.05) is 46.3 Å². The number of aromatic hydroxyl groups is 4. The smallest absolute Gasteiger partial charge is 0.141 e. The van der Waals surface area contributed by atoms with E-state index in [1.807, 2.05) is 72.8 Å². The van der Waals surface area contributed by atoms with E-state index in [1.165, 1.54) is 0 Å². The van der Waals surface area contributed by atoms with Gasteiger partial charge in [0.1, 0.15) is 45.1 Å². The van der Waals surface area contributed by atoms with E-state index in [1.54, 1.807) is 49.1 Å². The van der Waals surface area contributed by atoms with Crippen LogP contribution in [0, 0.1) is 0 Å². The molecule has 8 nitrogen and oxygen atoms in total. The maximum Gasteiger partial charge on any atom is 0.141 e. The first-order chi connectivity index (χ1) is 33.9. The molecule has 0 atom stereocenters. The third-order valence-corrected chi connectivity index (χ3v) is 13.5. The minimum atomic E-state index is -0.900. The molecule has 0 aliphatic carbocycles. The number of para-hydroxylation sites is 4. The summed E-state index contributed by atoms with van der Waals surface area (Å²) in [7, 11) is 0. The Morgan fingerprint density at radius 1 is 0.246 bits per heavy atom. The van der Waals surface area contributed by atoms with Gasteiger partial charge in [-0.15, -0.1) is 0 Å². The molecule has 0 amide bonds. The van der Waals surface area contributed by atoms with Crippen LogP contribution in [0.2, 0.25) is 0 Å². The molecule has 0 radical (unpaired) electrons. The van der Waals surface area contributed by atoms with Crippen LogP contribution in [-0.4, -0.2) is 40.4 Å². The van der Waals surface area contributed by atoms with Gasteiger partial charge >= 0.3 is 0 Å². The van der Waals surface area contributed by atoms with Gasteiger partial charge in [-0.2, -0.15) is 0 Å². The van der Waals surface area contributed by atoms with E-state index in [0.29, 0.717) is 22.1 Å². The molecule has 69 heavy (non-hydrogen) atoms. The van der Waals surface area contributed by atoms with Crippen molar-refractivity contribution in [3.05, 3.63) is 241 Å². The molecule has 0 aliphatic rings. The number of rotatable bonds is 8. The molecule has 328 valence electrons. The van der Waals surface area contributed by atoms with Crippen LogP contribution in [-0.2, 0) is 5.41 Å². The fourth-order valence-corrected chi connectivity index (χ4v) is 10.2. The lowest BCUT2D eigenvalue weighted by molar-refractivity contribution is 0.480. The van der Waals surface area contributed by atoms with Gasteiger partial charge in [0.05, 0.1) is 5.41 Å². The minimum Gasteiger partial charge on any atom is -0.506 e. The maximum absolute atomic E-state index is 10.7. The normalized spacial score (nSPS) is 11.7. The number of phenols is 4. The summed E-state index contributed by atoms with van der Waals surface area (Å²) in [5, 5.41) is 46.3. The van der Waals surface area contributed by atoms with Crippen LogP contribution >= 0.6 is 0 Å². The summed E-state index contributed by atoms with van der Waals surface area (Å²) in [5.41, 5.74) is 13.0. The van der Waals surface area contributed by atoms with Crippen molar-refractivity contribution in [1.29, 1.82) is 0 Å². The van der Waals surface area contributed by atoms with Gasteiger partial charge < -0.3 is 20.4 Å². The van der Waals surface area contributed by atoms with Crippen LogP contribution < -0.4 is 0 Å². The van der Waals surface area contributed by atoms with Crippen molar-refractivity contribution in [2.75, 3.05) is 0 Å². The molecule has 0 unspecified atom stereocenters. The molecular formula is C61H40N4O4. The van der Waals surface area contributed by atoms with Gasteiger partial charge in [-0.25, -0.2) is 0 Å². The number of hydrogen-bond acceptors (Lipinski definition) is 8. The fraction of sp³-hybridized carbons (Fsp3) is 0.0164. The minimum absolute atomic E-state index is 0.130. The lowest BCUT2D eigenvalue weighted by Crippen LogP contribution is -2.31. The molecule has 0 spiro atoms. The standard InChI is InChI=1S/C61H40N4O4/c66-53-9-1-5-49-45(29-33-62-57(49)53)37-13-21-41(22-14-37)61(42-23-15-38(16-24-42)46-30-34-63-58-50(46)6-2-10-54(58)67,43-25-17-39(18-26-43)47-31-35-64-59-51(47)7-3-11-55(59)68)44-27-19-40(20-28-44)48-32-36-65-60-52(48)8-4-12-56(60)69/h1-36,66-69H. The number of aromatic nitrogens is 4. The zero-order chi connectivity index (χ0) is 46.6. The summed E-state index contributed by atoms with van der Waals surface area (Å²) in [5.74, 6) is 0.519. The molecule has 0 saturated heterocycles. The summed E-state index contributed by atoms with van der Waals surface area (Å²) in [6, 6.07) is 64.5. The second-order valence-electron chi connectivity index (χ2n) is 17.2. The number of benzene rings is 8. The van der Waals surface area contributed by atoms with E-state index in [4.69, 9.17) is 0 Å². The number of fused-ring (bicyclic) bond motifs is 4. The Balaban J connectivity index is 1.09. The lowest BCUT2D eigenvalue weighted by atomic mass is 9.64. The third kappa shape index (κ3) is 6.76. The number of pyridine rings is 4. The Morgan fingerprint density at radius 3 is 0.681 bits per heavy atom. The highest BCUT2D eigenvalue weighted by molar-refractivity contribution is 6.00. The SMILES string of the molecule is Oc1cccc2c(-c3ccc(C(c4ccc(-c5ccnc6c(O)cccc56)cc4)(c4ccc(-c5ccnc6c(O)cccc56)cc4)c4ccc(-c5ccnc6c(O)cccc56)cc4)cc3)ccnc12. The summed E-state index contributed by atoms with van der Waals surface area (Å²) in [6.45, 7) is 0. The summed E-state index contributed by atoms with van der Waals surface area (Å²) < 4.78 is 0. The van der Waals surface area contributed by atoms with Crippen LogP contribution in [0.1, 0.15) is 22.3 Å². The van der Waals surface area contributed by atoms with E-state index in [2.05, 4.69) is 117 Å². The summed E-state index contributed by atoms with van der Waals surface area (Å²) in [4.78, 5) is 18.0. The molecule has 4 heterocycles. The van der Waals surface area contributed by atoms with E-state index in [0.717, 1.165) is 88.3 Å². The zero-order valence-corrected chi connectivity index (χ0v) is 36.9. The maximum atomic E-state index is 10.7. The van der Waals surface area contributed by atoms with Crippen molar-refractivity contribution in [3.8, 4) is 67.5 Å². The number of nitrogens with zero attached hydrogens (tertiary/aromatic N) is 4. The molecule has 0 aliphatic heterocycles. The average molecular weight is 893 g/mol. The molecule has 4 aromatic heterocycles. The Morgan fingerprint density at radius 2 is 0.464 bits per heavy atom. The molecule has 0 fully saturated rings. The molecule has 12 aromatic rings. The molecule has 0 bridgehead atoms. The predicted molar refractivity (Wildman–Crippen MR) is 274 cm³/mol. The third-order valence-electron chi connectivity index (χ3n) is 13.5. The van der Waals surface area contributed by atoms with Crippen LogP contribution in [0.3, 0.4) is 0 Å². The van der Waals surface area contributed by atoms with Crippen LogP contribution in [0.15, 0.2) is 219 Å². The van der Waals surface area contributed by atoms with E-state index >= 15 is 0 Å². The van der Waals surface area contributed by atoms with E-state index < -0.39 is 5.41 Å². The Bertz CT molecular complexity index is 3410. The highest BCUT2D eigenvalue weighted by Crippen LogP contribution is 2.48. The van der Waals surface area contributed by atoms with Crippen molar-refractivity contribution < 1.29 is 20.4 Å². The van der Waals surface area contributed by atoms with Crippen LogP contribution in [0.5, 0.6) is 23.0 Å². The van der Waals surface area contributed by atoms with Gasteiger partial charge in [0.15, 0.2) is 0 Å². The van der Waals surface area contributed by atoms with Crippen molar-refractivity contribution >= 4 is 43.6 Å². The van der Waals surface area contributed by atoms with Crippen LogP contribution in [0.4, 0.5) is 0 Å². The molecule has 12 rings (SSSR count). The van der Waals surface area contributed by atoms with Crippen molar-refractivity contribution in [2.24, 2.45) is 0 Å². The summed E-state index contributed by atoms with van der Waals surface area (Å²) in [6.07, 6.45) is 6.92. The second-order valence-corrected chi connectivity index (χ2v) is 17.2. The monoisotopic (exact) mass is 892 g/mol. The number of hydrogen-bond donors (Lipinski definition) is 4. The van der Waals surface area contributed by atoms with Crippen molar-refractivity contribution in [1.82, 2.24) is 19.9 Å². The fourth-order valence-electron chi connectivity index (χ4n) is 10.2. The first-order valence-electron chi connectivity index (χ1n) is 22.6. The van der Waals surface area contributed by atoms with Gasteiger partial charge in [0.2, 0.25) is 0 Å².